The minimum atomic E-state index is -4.45. The molecule has 0 aliphatic heterocycles. The first-order valence-corrected chi connectivity index (χ1v) is 8.57. The highest BCUT2D eigenvalue weighted by Crippen LogP contribution is 2.20. The largest absolute Gasteiger partial charge is 0.411 e. The van der Waals surface area contributed by atoms with Crippen molar-refractivity contribution in [2.45, 2.75) is 25.7 Å². The Kier molecular flexibility index (Phi) is 13.2. The van der Waals surface area contributed by atoms with Gasteiger partial charge in [-0.1, -0.05) is 6.92 Å². The van der Waals surface area contributed by atoms with Crippen LogP contribution < -0.4 is 0 Å². The molecule has 0 rings (SSSR count). The lowest BCUT2D eigenvalue weighted by Gasteiger charge is -2.27. The zero-order chi connectivity index (χ0) is 21.7. The van der Waals surface area contributed by atoms with E-state index in [0.717, 1.165) is 0 Å². The molecule has 0 aliphatic carbocycles. The van der Waals surface area contributed by atoms with Gasteiger partial charge in [0.2, 0.25) is 0 Å². The van der Waals surface area contributed by atoms with Crippen LogP contribution in [-0.2, 0) is 18.9 Å². The fourth-order valence-corrected chi connectivity index (χ4v) is 1.87. The monoisotopic (exact) mass is 430 g/mol. The summed E-state index contributed by atoms with van der Waals surface area (Å²) in [5.74, 6) is -0.591. The Morgan fingerprint density at radius 1 is 0.714 bits per heavy atom. The molecule has 0 spiro atoms. The quantitative estimate of drug-likeness (QED) is 0.289. The first kappa shape index (κ1) is 27.3. The normalized spacial score (nSPS) is 16.2. The SMILES string of the molecule is CC(CO)(COCCCOCC(CO)COCC(F)(F)F)COCC(F)(F)F. The number of rotatable bonds is 16. The average Bonchev–Trinajstić information content (AvgIpc) is 2.57. The predicted octanol–water partition coefficient (Wildman–Crippen LogP) is 2.17. The Bertz CT molecular complexity index is 393. The minimum absolute atomic E-state index is 0.00793. The van der Waals surface area contributed by atoms with Crippen molar-refractivity contribution in [2.24, 2.45) is 11.3 Å². The summed E-state index contributed by atoms with van der Waals surface area (Å²) in [7, 11) is 0. The summed E-state index contributed by atoms with van der Waals surface area (Å²) in [6, 6.07) is 0. The van der Waals surface area contributed by atoms with Crippen molar-refractivity contribution in [1.29, 1.82) is 0 Å². The Balaban J connectivity index is 3.82. The molecule has 2 N–H and O–H groups in total. The second-order valence-corrected chi connectivity index (χ2v) is 6.74. The molecule has 2 unspecified atom stereocenters. The van der Waals surface area contributed by atoms with Gasteiger partial charge in [-0.05, 0) is 6.42 Å². The minimum Gasteiger partial charge on any atom is -0.396 e. The number of hydrogen-bond donors (Lipinski definition) is 2. The summed E-state index contributed by atoms with van der Waals surface area (Å²) in [6.45, 7) is -2.32. The van der Waals surface area contributed by atoms with Crippen molar-refractivity contribution < 1.29 is 55.5 Å². The number of aliphatic hydroxyl groups excluding tert-OH is 2. The standard InChI is InChI=1S/C16H28F6O6/c1-14(8-24,10-28-12-16(20,21)22)9-26-4-2-3-25-6-13(5-23)7-27-11-15(17,18)19/h13,23-24H,2-12H2,1H3. The molecular formula is C16H28F6O6. The maximum Gasteiger partial charge on any atom is 0.411 e. The van der Waals surface area contributed by atoms with Crippen molar-refractivity contribution in [2.75, 3.05) is 66.1 Å². The van der Waals surface area contributed by atoms with E-state index in [9.17, 15) is 31.4 Å². The van der Waals surface area contributed by atoms with E-state index in [1.165, 1.54) is 6.92 Å². The molecule has 0 aromatic carbocycles. The van der Waals surface area contributed by atoms with E-state index in [1.54, 1.807) is 0 Å². The molecule has 0 saturated heterocycles. The second kappa shape index (κ2) is 13.5. The van der Waals surface area contributed by atoms with Crippen molar-refractivity contribution >= 4 is 0 Å². The van der Waals surface area contributed by atoms with Gasteiger partial charge in [-0.25, -0.2) is 0 Å². The van der Waals surface area contributed by atoms with Crippen LogP contribution in [-0.4, -0.2) is 88.6 Å². The van der Waals surface area contributed by atoms with Gasteiger partial charge < -0.3 is 29.2 Å². The van der Waals surface area contributed by atoms with Crippen LogP contribution in [0.25, 0.3) is 0 Å². The molecule has 0 heterocycles. The molecule has 0 aliphatic rings. The third kappa shape index (κ3) is 16.3. The van der Waals surface area contributed by atoms with Gasteiger partial charge in [0.25, 0.3) is 0 Å². The molecule has 0 amide bonds. The highest BCUT2D eigenvalue weighted by atomic mass is 19.4. The van der Waals surface area contributed by atoms with Gasteiger partial charge in [0.15, 0.2) is 0 Å². The Hall–Kier alpha value is -0.660. The number of ether oxygens (including phenoxy) is 4. The van der Waals surface area contributed by atoms with Crippen LogP contribution in [0.5, 0.6) is 0 Å². The molecule has 0 aromatic heterocycles. The molecule has 2 atom stereocenters. The van der Waals surface area contributed by atoms with Crippen molar-refractivity contribution in [3.05, 3.63) is 0 Å². The highest BCUT2D eigenvalue weighted by molar-refractivity contribution is 4.72. The van der Waals surface area contributed by atoms with Crippen molar-refractivity contribution in [3.8, 4) is 0 Å². The van der Waals surface area contributed by atoms with Gasteiger partial charge in [-0.15, -0.1) is 0 Å². The number of hydrogen-bond acceptors (Lipinski definition) is 6. The lowest BCUT2D eigenvalue weighted by Crippen LogP contribution is -2.34. The maximum absolute atomic E-state index is 12.1. The fraction of sp³-hybridized carbons (Fsp3) is 1.00. The molecule has 28 heavy (non-hydrogen) atoms. The Labute approximate surface area is 159 Å². The van der Waals surface area contributed by atoms with Crippen LogP contribution in [0.15, 0.2) is 0 Å². The van der Waals surface area contributed by atoms with Crippen LogP contribution in [0.4, 0.5) is 26.3 Å². The number of halogens is 6. The van der Waals surface area contributed by atoms with Gasteiger partial charge >= 0.3 is 12.4 Å². The first-order chi connectivity index (χ1) is 12.9. The lowest BCUT2D eigenvalue weighted by atomic mass is 9.94. The fourth-order valence-electron chi connectivity index (χ4n) is 1.87. The van der Waals surface area contributed by atoms with Gasteiger partial charge in [-0.3, -0.25) is 0 Å². The van der Waals surface area contributed by atoms with Gasteiger partial charge in [-0.2, -0.15) is 26.3 Å². The zero-order valence-electron chi connectivity index (χ0n) is 15.7. The Morgan fingerprint density at radius 3 is 1.75 bits per heavy atom. The van der Waals surface area contributed by atoms with Crippen LogP contribution >= 0.6 is 0 Å². The van der Waals surface area contributed by atoms with E-state index in [0.29, 0.717) is 6.42 Å². The molecule has 170 valence electrons. The molecule has 0 bridgehead atoms. The molecule has 0 radical (unpaired) electrons. The van der Waals surface area contributed by atoms with Crippen LogP contribution in [0.3, 0.4) is 0 Å². The third-order valence-corrected chi connectivity index (χ3v) is 3.36. The molecule has 0 aromatic rings. The van der Waals surface area contributed by atoms with E-state index in [1.807, 2.05) is 0 Å². The molecule has 0 fully saturated rings. The summed E-state index contributed by atoms with van der Waals surface area (Å²) in [4.78, 5) is 0. The van der Waals surface area contributed by atoms with E-state index in [2.05, 4.69) is 9.47 Å². The van der Waals surface area contributed by atoms with Crippen molar-refractivity contribution in [1.82, 2.24) is 0 Å². The van der Waals surface area contributed by atoms with Crippen molar-refractivity contribution in [3.63, 3.8) is 0 Å². The van der Waals surface area contributed by atoms with Crippen LogP contribution in [0, 0.1) is 11.3 Å². The van der Waals surface area contributed by atoms with Crippen LogP contribution in [0.2, 0.25) is 0 Å². The zero-order valence-corrected chi connectivity index (χ0v) is 15.7. The number of aliphatic hydroxyl groups is 2. The highest BCUT2D eigenvalue weighted by Gasteiger charge is 2.31. The summed E-state index contributed by atoms with van der Waals surface area (Å²) in [5.41, 5.74) is -0.982. The third-order valence-electron chi connectivity index (χ3n) is 3.36. The van der Waals surface area contributed by atoms with Gasteiger partial charge in [0, 0.05) is 24.5 Å². The van der Waals surface area contributed by atoms with E-state index in [-0.39, 0.29) is 46.2 Å². The number of alkyl halides is 6. The van der Waals surface area contributed by atoms with E-state index in [4.69, 9.17) is 14.6 Å². The molecule has 12 heteroatoms. The predicted molar refractivity (Wildman–Crippen MR) is 85.8 cm³/mol. The average molecular weight is 430 g/mol. The molecule has 0 saturated carbocycles. The Morgan fingerprint density at radius 2 is 1.21 bits per heavy atom. The summed E-state index contributed by atoms with van der Waals surface area (Å²) < 4.78 is 91.6. The molecular weight excluding hydrogens is 402 g/mol. The lowest BCUT2D eigenvalue weighted by molar-refractivity contribution is -0.184. The summed E-state index contributed by atoms with van der Waals surface area (Å²) in [5, 5.41) is 18.4. The first-order valence-electron chi connectivity index (χ1n) is 8.57. The van der Waals surface area contributed by atoms with Gasteiger partial charge in [0.1, 0.15) is 13.2 Å². The summed E-state index contributed by atoms with van der Waals surface area (Å²) in [6.07, 6.45) is -8.47. The smallest absolute Gasteiger partial charge is 0.396 e. The summed E-state index contributed by atoms with van der Waals surface area (Å²) >= 11 is 0. The maximum atomic E-state index is 12.1. The van der Waals surface area contributed by atoms with E-state index >= 15 is 0 Å². The van der Waals surface area contributed by atoms with E-state index < -0.39 is 43.5 Å². The molecule has 6 nitrogen and oxygen atoms in total. The van der Waals surface area contributed by atoms with Gasteiger partial charge in [0.05, 0.1) is 39.6 Å². The topological polar surface area (TPSA) is 77.4 Å². The van der Waals surface area contributed by atoms with Crippen LogP contribution in [0.1, 0.15) is 13.3 Å². The second-order valence-electron chi connectivity index (χ2n) is 6.74.